The normalized spacial score (nSPS) is 20.1. The Kier molecular flexibility index (Phi) is 3.30. The minimum atomic E-state index is -4.48. The van der Waals surface area contributed by atoms with Gasteiger partial charge in [-0.1, -0.05) is 0 Å². The highest BCUT2D eigenvalue weighted by molar-refractivity contribution is 6.02. The van der Waals surface area contributed by atoms with Crippen LogP contribution in [0.4, 0.5) is 18.9 Å². The van der Waals surface area contributed by atoms with E-state index in [-0.39, 0.29) is 23.6 Å². The van der Waals surface area contributed by atoms with Crippen molar-refractivity contribution in [3.05, 3.63) is 29.3 Å². The number of hydrogen-bond acceptors (Lipinski definition) is 3. The van der Waals surface area contributed by atoms with Crippen LogP contribution >= 0.6 is 0 Å². The average Bonchev–Trinajstić information content (AvgIpc) is 2.80. The van der Waals surface area contributed by atoms with Crippen LogP contribution in [0.2, 0.25) is 0 Å². The van der Waals surface area contributed by atoms with Crippen molar-refractivity contribution in [2.45, 2.75) is 12.6 Å². The lowest BCUT2D eigenvalue weighted by Gasteiger charge is -2.12. The van der Waals surface area contributed by atoms with E-state index in [4.69, 9.17) is 10.5 Å². The van der Waals surface area contributed by atoms with Gasteiger partial charge in [-0.15, -0.1) is 0 Å². The Morgan fingerprint density at radius 1 is 1.39 bits per heavy atom. The number of ether oxygens (including phenoxy) is 1. The van der Waals surface area contributed by atoms with Crippen molar-refractivity contribution in [1.29, 1.82) is 0 Å². The fourth-order valence-corrected chi connectivity index (χ4v) is 1.91. The SMILES string of the molecule is Nc1ccc(C(F)(F)F)cc1C(=O)C1CCOC1. The molecule has 1 aliphatic heterocycles. The van der Waals surface area contributed by atoms with Crippen molar-refractivity contribution < 1.29 is 22.7 Å². The summed E-state index contributed by atoms with van der Waals surface area (Å²) in [5.41, 5.74) is 4.71. The molecule has 3 nitrogen and oxygen atoms in total. The zero-order valence-electron chi connectivity index (χ0n) is 9.46. The molecule has 1 fully saturated rings. The Hall–Kier alpha value is -1.56. The van der Waals surface area contributed by atoms with Gasteiger partial charge in [-0.3, -0.25) is 4.79 Å². The van der Waals surface area contributed by atoms with Crippen LogP contribution in [0, 0.1) is 5.92 Å². The molecule has 6 heteroatoms. The number of ketones is 1. The number of benzene rings is 1. The second-order valence-corrected chi connectivity index (χ2v) is 4.22. The van der Waals surface area contributed by atoms with Gasteiger partial charge in [-0.2, -0.15) is 13.2 Å². The molecule has 2 N–H and O–H groups in total. The van der Waals surface area contributed by atoms with E-state index in [0.717, 1.165) is 18.2 Å². The van der Waals surface area contributed by atoms with Gasteiger partial charge in [0.1, 0.15) is 0 Å². The lowest BCUT2D eigenvalue weighted by molar-refractivity contribution is -0.137. The molecule has 0 bridgehead atoms. The summed E-state index contributed by atoms with van der Waals surface area (Å²) < 4.78 is 42.7. The minimum Gasteiger partial charge on any atom is -0.398 e. The summed E-state index contributed by atoms with van der Waals surface area (Å²) in [7, 11) is 0. The maximum Gasteiger partial charge on any atom is 0.416 e. The van der Waals surface area contributed by atoms with Crippen LogP contribution in [-0.4, -0.2) is 19.0 Å². The molecule has 2 rings (SSSR count). The molecule has 1 unspecified atom stereocenters. The van der Waals surface area contributed by atoms with Gasteiger partial charge in [0, 0.05) is 23.8 Å². The summed E-state index contributed by atoms with van der Waals surface area (Å²) >= 11 is 0. The molecule has 1 aromatic carbocycles. The zero-order valence-corrected chi connectivity index (χ0v) is 9.46. The highest BCUT2D eigenvalue weighted by Gasteiger charge is 2.33. The molecule has 1 aromatic rings. The first-order chi connectivity index (χ1) is 8.39. The molecule has 0 aromatic heterocycles. The second-order valence-electron chi connectivity index (χ2n) is 4.22. The number of carbonyl (C=O) groups excluding carboxylic acids is 1. The number of anilines is 1. The third-order valence-corrected chi connectivity index (χ3v) is 2.95. The first-order valence-corrected chi connectivity index (χ1v) is 5.48. The Morgan fingerprint density at radius 2 is 2.11 bits per heavy atom. The lowest BCUT2D eigenvalue weighted by atomic mass is 9.94. The number of nitrogen functional groups attached to an aromatic ring is 1. The van der Waals surface area contributed by atoms with Crippen LogP contribution in [0.5, 0.6) is 0 Å². The smallest absolute Gasteiger partial charge is 0.398 e. The molecule has 0 saturated carbocycles. The van der Waals surface area contributed by atoms with Crippen LogP contribution in [0.1, 0.15) is 22.3 Å². The molecule has 18 heavy (non-hydrogen) atoms. The molecule has 0 aliphatic carbocycles. The Balaban J connectivity index is 2.34. The van der Waals surface area contributed by atoms with Crippen molar-refractivity contribution in [3.8, 4) is 0 Å². The van der Waals surface area contributed by atoms with Gasteiger partial charge in [0.05, 0.1) is 12.2 Å². The number of carbonyl (C=O) groups is 1. The van der Waals surface area contributed by atoms with E-state index < -0.39 is 17.7 Å². The maximum atomic E-state index is 12.6. The molecule has 0 amide bonds. The van der Waals surface area contributed by atoms with Crippen molar-refractivity contribution in [2.24, 2.45) is 5.92 Å². The summed E-state index contributed by atoms with van der Waals surface area (Å²) in [6, 6.07) is 2.80. The number of hydrogen-bond donors (Lipinski definition) is 1. The lowest BCUT2D eigenvalue weighted by Crippen LogP contribution is -2.17. The van der Waals surface area contributed by atoms with E-state index in [2.05, 4.69) is 0 Å². The Morgan fingerprint density at radius 3 is 2.67 bits per heavy atom. The van der Waals surface area contributed by atoms with E-state index in [1.54, 1.807) is 0 Å². The van der Waals surface area contributed by atoms with Gasteiger partial charge in [-0.25, -0.2) is 0 Å². The standard InChI is InChI=1S/C12H12F3NO2/c13-12(14,15)8-1-2-10(16)9(5-8)11(17)7-3-4-18-6-7/h1-2,5,7H,3-4,6,16H2. The summed E-state index contributed by atoms with van der Waals surface area (Å²) in [5, 5.41) is 0. The summed E-state index contributed by atoms with van der Waals surface area (Å²) in [4.78, 5) is 12.0. The average molecular weight is 259 g/mol. The molecule has 1 heterocycles. The number of rotatable bonds is 2. The number of Topliss-reactive ketones (excluding diaryl/α,β-unsaturated/α-hetero) is 1. The second kappa shape index (κ2) is 4.61. The van der Waals surface area contributed by atoms with Gasteiger partial charge >= 0.3 is 6.18 Å². The summed E-state index contributed by atoms with van der Waals surface area (Å²) in [6.45, 7) is 0.698. The van der Waals surface area contributed by atoms with Crippen molar-refractivity contribution in [1.82, 2.24) is 0 Å². The fraction of sp³-hybridized carbons (Fsp3) is 0.417. The van der Waals surface area contributed by atoms with Gasteiger partial charge in [0.25, 0.3) is 0 Å². The molecule has 1 atom stereocenters. The van der Waals surface area contributed by atoms with Gasteiger partial charge in [0.15, 0.2) is 5.78 Å². The molecule has 1 aliphatic rings. The van der Waals surface area contributed by atoms with E-state index >= 15 is 0 Å². The molecule has 1 saturated heterocycles. The Labute approximate surface area is 102 Å². The number of halogens is 3. The van der Waals surface area contributed by atoms with Crippen LogP contribution in [0.15, 0.2) is 18.2 Å². The van der Waals surface area contributed by atoms with Gasteiger partial charge in [-0.05, 0) is 24.6 Å². The number of nitrogens with two attached hydrogens (primary N) is 1. The van der Waals surface area contributed by atoms with Crippen LogP contribution in [0.3, 0.4) is 0 Å². The molecular weight excluding hydrogens is 247 g/mol. The van der Waals surface area contributed by atoms with Gasteiger partial charge < -0.3 is 10.5 Å². The fourth-order valence-electron chi connectivity index (χ4n) is 1.91. The van der Waals surface area contributed by atoms with Crippen LogP contribution < -0.4 is 5.73 Å². The van der Waals surface area contributed by atoms with Crippen LogP contribution in [-0.2, 0) is 10.9 Å². The predicted octanol–water partition coefficient (Wildman–Crippen LogP) is 2.51. The molecule has 0 spiro atoms. The molecule has 98 valence electrons. The molecular formula is C12H12F3NO2. The van der Waals surface area contributed by atoms with E-state index in [9.17, 15) is 18.0 Å². The van der Waals surface area contributed by atoms with Crippen LogP contribution in [0.25, 0.3) is 0 Å². The third kappa shape index (κ3) is 2.48. The summed E-state index contributed by atoms with van der Waals surface area (Å²) in [6.07, 6.45) is -3.95. The minimum absolute atomic E-state index is 0.0691. The Bertz CT molecular complexity index is 465. The van der Waals surface area contributed by atoms with Gasteiger partial charge in [0.2, 0.25) is 0 Å². The van der Waals surface area contributed by atoms with Crippen molar-refractivity contribution >= 4 is 11.5 Å². The maximum absolute atomic E-state index is 12.6. The molecule has 0 radical (unpaired) electrons. The largest absolute Gasteiger partial charge is 0.416 e. The topological polar surface area (TPSA) is 52.3 Å². The van der Waals surface area contributed by atoms with E-state index in [1.165, 1.54) is 0 Å². The third-order valence-electron chi connectivity index (χ3n) is 2.95. The predicted molar refractivity (Wildman–Crippen MR) is 59.1 cm³/mol. The van der Waals surface area contributed by atoms with E-state index in [1.807, 2.05) is 0 Å². The first kappa shape index (κ1) is 12.9. The highest BCUT2D eigenvalue weighted by Crippen LogP contribution is 2.32. The summed E-state index contributed by atoms with van der Waals surface area (Å²) in [5.74, 6) is -0.771. The zero-order chi connectivity index (χ0) is 13.3. The van der Waals surface area contributed by atoms with Crippen molar-refractivity contribution in [3.63, 3.8) is 0 Å². The first-order valence-electron chi connectivity index (χ1n) is 5.48. The number of alkyl halides is 3. The monoisotopic (exact) mass is 259 g/mol. The van der Waals surface area contributed by atoms with E-state index in [0.29, 0.717) is 13.0 Å². The van der Waals surface area contributed by atoms with Crippen molar-refractivity contribution in [2.75, 3.05) is 18.9 Å². The quantitative estimate of drug-likeness (QED) is 0.655. The highest BCUT2D eigenvalue weighted by atomic mass is 19.4.